The number of hydrogen-bond donors (Lipinski definition) is 1. The number of nitrogens with one attached hydrogen (secondary N) is 1. The van der Waals surface area contributed by atoms with Crippen molar-refractivity contribution in [3.05, 3.63) is 54.4 Å². The number of benzene rings is 1. The molecule has 0 spiro atoms. The van der Waals surface area contributed by atoms with Crippen molar-refractivity contribution in [2.24, 2.45) is 4.99 Å². The van der Waals surface area contributed by atoms with Crippen LogP contribution in [0.4, 0.5) is 5.95 Å². The molecule has 2 fully saturated rings. The highest BCUT2D eigenvalue weighted by atomic mass is 15.4. The van der Waals surface area contributed by atoms with Crippen LogP contribution >= 0.6 is 0 Å². The molecule has 2 aliphatic heterocycles. The minimum Gasteiger partial charge on any atom is -0.355 e. The van der Waals surface area contributed by atoms with Crippen LogP contribution in [0.2, 0.25) is 0 Å². The van der Waals surface area contributed by atoms with E-state index >= 15 is 0 Å². The molecule has 0 saturated carbocycles. The fourth-order valence-corrected chi connectivity index (χ4v) is 4.24. The second kappa shape index (κ2) is 11.1. The summed E-state index contributed by atoms with van der Waals surface area (Å²) in [5.41, 5.74) is 1.39. The zero-order valence-electron chi connectivity index (χ0n) is 18.5. The molecule has 1 N–H and O–H groups in total. The van der Waals surface area contributed by atoms with Crippen LogP contribution in [0, 0.1) is 0 Å². The molecule has 8 heteroatoms. The van der Waals surface area contributed by atoms with Gasteiger partial charge in [-0.2, -0.15) is 0 Å². The zero-order chi connectivity index (χ0) is 21.3. The molecule has 166 valence electrons. The van der Waals surface area contributed by atoms with Gasteiger partial charge in [-0.1, -0.05) is 30.3 Å². The van der Waals surface area contributed by atoms with Gasteiger partial charge in [0.1, 0.15) is 0 Å². The Morgan fingerprint density at radius 1 is 0.871 bits per heavy atom. The largest absolute Gasteiger partial charge is 0.355 e. The molecule has 1 aromatic heterocycles. The topological polar surface area (TPSA) is 63.1 Å². The van der Waals surface area contributed by atoms with Gasteiger partial charge in [-0.05, 0) is 11.6 Å². The molecule has 0 aliphatic carbocycles. The summed E-state index contributed by atoms with van der Waals surface area (Å²) in [6, 6.07) is 12.6. The molecule has 1 aromatic carbocycles. The third-order valence-electron chi connectivity index (χ3n) is 6.05. The lowest BCUT2D eigenvalue weighted by molar-refractivity contribution is 0.172. The van der Waals surface area contributed by atoms with Crippen molar-refractivity contribution >= 4 is 11.9 Å². The molecule has 0 radical (unpaired) electrons. The van der Waals surface area contributed by atoms with Gasteiger partial charge in [-0.15, -0.1) is 0 Å². The molecule has 2 saturated heterocycles. The van der Waals surface area contributed by atoms with Crippen LogP contribution in [0.3, 0.4) is 0 Å². The number of hydrogen-bond acceptors (Lipinski definition) is 6. The van der Waals surface area contributed by atoms with Crippen molar-refractivity contribution in [1.29, 1.82) is 0 Å². The number of guanidine groups is 1. The van der Waals surface area contributed by atoms with Crippen molar-refractivity contribution in [2.45, 2.75) is 6.54 Å². The van der Waals surface area contributed by atoms with Gasteiger partial charge < -0.3 is 15.1 Å². The van der Waals surface area contributed by atoms with E-state index < -0.39 is 0 Å². The number of anilines is 1. The molecule has 2 aliphatic rings. The summed E-state index contributed by atoms with van der Waals surface area (Å²) < 4.78 is 0. The maximum Gasteiger partial charge on any atom is 0.225 e. The highest BCUT2D eigenvalue weighted by Gasteiger charge is 2.21. The lowest BCUT2D eigenvalue weighted by atomic mass is 10.2. The highest BCUT2D eigenvalue weighted by Crippen LogP contribution is 2.10. The number of aliphatic imine (C=N–C) groups is 1. The molecule has 3 heterocycles. The van der Waals surface area contributed by atoms with Crippen LogP contribution in [-0.2, 0) is 6.54 Å². The van der Waals surface area contributed by atoms with Gasteiger partial charge in [-0.25, -0.2) is 9.97 Å². The van der Waals surface area contributed by atoms with E-state index in [9.17, 15) is 0 Å². The molecule has 8 nitrogen and oxygen atoms in total. The third kappa shape index (κ3) is 6.15. The zero-order valence-corrected chi connectivity index (χ0v) is 18.5. The molecular weight excluding hydrogens is 388 g/mol. The molecule has 31 heavy (non-hydrogen) atoms. The molecule has 0 amide bonds. The summed E-state index contributed by atoms with van der Waals surface area (Å²) in [5, 5.41) is 3.57. The summed E-state index contributed by atoms with van der Waals surface area (Å²) in [6.45, 7) is 11.2. The Bertz CT molecular complexity index is 797. The van der Waals surface area contributed by atoms with E-state index in [2.05, 4.69) is 70.2 Å². The Labute approximate surface area is 185 Å². The standard InChI is InChI=1S/C23H34N8/c1-24-22(30-18-14-29(15-19-30)20-21-6-3-2-4-7-21)27-10-11-28-12-16-31(17-13-28)23-25-8-5-9-26-23/h2-9H,10-20H2,1H3,(H,24,27). The van der Waals surface area contributed by atoms with Gasteiger partial charge in [-0.3, -0.25) is 14.8 Å². The Morgan fingerprint density at radius 3 is 2.23 bits per heavy atom. The van der Waals surface area contributed by atoms with E-state index in [0.29, 0.717) is 0 Å². The van der Waals surface area contributed by atoms with E-state index in [0.717, 1.165) is 83.9 Å². The van der Waals surface area contributed by atoms with Gasteiger partial charge in [0.05, 0.1) is 0 Å². The fraction of sp³-hybridized carbons (Fsp3) is 0.522. The van der Waals surface area contributed by atoms with Crippen LogP contribution in [0.5, 0.6) is 0 Å². The Hall–Kier alpha value is -2.71. The minimum atomic E-state index is 0.840. The van der Waals surface area contributed by atoms with E-state index in [1.165, 1.54) is 5.56 Å². The monoisotopic (exact) mass is 422 g/mol. The highest BCUT2D eigenvalue weighted by molar-refractivity contribution is 5.80. The van der Waals surface area contributed by atoms with Crippen LogP contribution in [0.15, 0.2) is 53.8 Å². The lowest BCUT2D eigenvalue weighted by Gasteiger charge is -2.37. The Morgan fingerprint density at radius 2 is 1.55 bits per heavy atom. The van der Waals surface area contributed by atoms with E-state index in [-0.39, 0.29) is 0 Å². The maximum absolute atomic E-state index is 4.52. The van der Waals surface area contributed by atoms with Crippen LogP contribution < -0.4 is 10.2 Å². The average molecular weight is 423 g/mol. The lowest BCUT2D eigenvalue weighted by Crippen LogP contribution is -2.53. The summed E-state index contributed by atoms with van der Waals surface area (Å²) in [4.78, 5) is 22.9. The van der Waals surface area contributed by atoms with Crippen molar-refractivity contribution in [3.8, 4) is 0 Å². The van der Waals surface area contributed by atoms with E-state index in [4.69, 9.17) is 0 Å². The summed E-state index contributed by atoms with van der Waals surface area (Å²) in [7, 11) is 1.89. The Kier molecular flexibility index (Phi) is 7.68. The Balaban J connectivity index is 1.15. The molecule has 0 bridgehead atoms. The van der Waals surface area contributed by atoms with Crippen LogP contribution in [0.25, 0.3) is 0 Å². The third-order valence-corrected chi connectivity index (χ3v) is 6.05. The van der Waals surface area contributed by atoms with Crippen LogP contribution in [-0.4, -0.2) is 103 Å². The van der Waals surface area contributed by atoms with Crippen molar-refractivity contribution < 1.29 is 0 Å². The quantitative estimate of drug-likeness (QED) is 0.550. The first-order valence-electron chi connectivity index (χ1n) is 11.3. The first-order valence-corrected chi connectivity index (χ1v) is 11.3. The second-order valence-electron chi connectivity index (χ2n) is 8.10. The van der Waals surface area contributed by atoms with Crippen LogP contribution in [0.1, 0.15) is 5.56 Å². The number of piperazine rings is 2. The van der Waals surface area contributed by atoms with Gasteiger partial charge in [0.2, 0.25) is 5.95 Å². The molecular formula is C23H34N8. The molecule has 4 rings (SSSR count). The summed E-state index contributed by atoms with van der Waals surface area (Å²) >= 11 is 0. The molecule has 0 unspecified atom stereocenters. The predicted molar refractivity (Wildman–Crippen MR) is 125 cm³/mol. The maximum atomic E-state index is 4.52. The van der Waals surface area contributed by atoms with Gasteiger partial charge in [0.15, 0.2) is 5.96 Å². The van der Waals surface area contributed by atoms with Gasteiger partial charge >= 0.3 is 0 Å². The van der Waals surface area contributed by atoms with Crippen molar-refractivity contribution in [3.63, 3.8) is 0 Å². The van der Waals surface area contributed by atoms with E-state index in [1.807, 2.05) is 25.5 Å². The average Bonchev–Trinajstić information content (AvgIpc) is 2.84. The van der Waals surface area contributed by atoms with Gasteiger partial charge in [0, 0.05) is 91.4 Å². The van der Waals surface area contributed by atoms with Crippen molar-refractivity contribution in [2.75, 3.05) is 77.4 Å². The minimum absolute atomic E-state index is 0.840. The van der Waals surface area contributed by atoms with E-state index in [1.54, 1.807) is 0 Å². The number of rotatable bonds is 6. The van der Waals surface area contributed by atoms with Crippen molar-refractivity contribution in [1.82, 2.24) is 30.0 Å². The smallest absolute Gasteiger partial charge is 0.225 e. The number of aromatic nitrogens is 2. The second-order valence-corrected chi connectivity index (χ2v) is 8.10. The summed E-state index contributed by atoms with van der Waals surface area (Å²) in [5.74, 6) is 1.86. The SMILES string of the molecule is CN=C(NCCN1CCN(c2ncccn2)CC1)N1CCN(Cc2ccccc2)CC1. The fourth-order valence-electron chi connectivity index (χ4n) is 4.24. The molecule has 2 aromatic rings. The molecule has 0 atom stereocenters. The normalized spacial score (nSPS) is 18.9. The summed E-state index contributed by atoms with van der Waals surface area (Å²) in [6.07, 6.45) is 3.62. The first-order chi connectivity index (χ1) is 15.3. The number of nitrogens with zero attached hydrogens (tertiary/aromatic N) is 7. The predicted octanol–water partition coefficient (Wildman–Crippen LogP) is 0.992. The van der Waals surface area contributed by atoms with Gasteiger partial charge in [0.25, 0.3) is 0 Å². The first kappa shape index (κ1) is 21.5.